The fourth-order valence-corrected chi connectivity index (χ4v) is 5.03. The van der Waals surface area contributed by atoms with Crippen LogP contribution >= 0.6 is 0 Å². The average molecular weight is 586 g/mol. The summed E-state index contributed by atoms with van der Waals surface area (Å²) in [6, 6.07) is 33.4. The van der Waals surface area contributed by atoms with Crippen molar-refractivity contribution in [1.29, 1.82) is 0 Å². The molecule has 5 heteroatoms. The maximum absolute atomic E-state index is 11.9. The van der Waals surface area contributed by atoms with Crippen LogP contribution in [0.15, 0.2) is 128 Å². The third-order valence-electron chi connectivity index (χ3n) is 7.27. The second-order valence-electron chi connectivity index (χ2n) is 10.5. The number of rotatable bonds is 14. The lowest BCUT2D eigenvalue weighted by atomic mass is 9.88. The number of allylic oxidation sites excluding steroid dienone is 1. The lowest BCUT2D eigenvalue weighted by Crippen LogP contribution is -2.11. The van der Waals surface area contributed by atoms with Crippen molar-refractivity contribution in [3.05, 3.63) is 140 Å². The molecule has 0 spiro atoms. The van der Waals surface area contributed by atoms with Gasteiger partial charge in [-0.1, -0.05) is 107 Å². The van der Waals surface area contributed by atoms with Crippen molar-refractivity contribution in [3.63, 3.8) is 0 Å². The summed E-state index contributed by atoms with van der Waals surface area (Å²) in [5.74, 6) is 0.108. The Kier molecular flexibility index (Phi) is 11.5. The van der Waals surface area contributed by atoms with Crippen LogP contribution in [0.25, 0.3) is 11.6 Å². The van der Waals surface area contributed by atoms with Gasteiger partial charge < -0.3 is 14.4 Å². The van der Waals surface area contributed by atoms with Crippen molar-refractivity contribution in [3.8, 4) is 11.5 Å². The monoisotopic (exact) mass is 585 g/mol. The van der Waals surface area contributed by atoms with E-state index in [2.05, 4.69) is 81.6 Å². The smallest absolute Gasteiger partial charge is 0.335 e. The second-order valence-corrected chi connectivity index (χ2v) is 10.5. The normalized spacial score (nSPS) is 11.7. The van der Waals surface area contributed by atoms with Crippen LogP contribution in [0.2, 0.25) is 0 Å². The molecule has 0 fully saturated rings. The summed E-state index contributed by atoms with van der Waals surface area (Å²) >= 11 is 0. The molecule has 0 aromatic heterocycles. The molecule has 4 aromatic carbocycles. The van der Waals surface area contributed by atoms with Gasteiger partial charge >= 0.3 is 11.9 Å². The standard InChI is InChI=1S/C39H39NO4/c1-5-8-10-15-29(4)37(31-16-11-9-12-17-31)26-30-22-24-32(25-23-30)40(33-18-13-20-35(27-33)43-38(41)6-2)34-19-14-21-36(28-34)44-39(42)7-3/h6-7,9,11-14,16-29H,2-3,5,8,10,15H2,1,4H3/b37-26-. The minimum absolute atomic E-state index is 0.385. The number of unbranched alkanes of at least 4 members (excludes halogenated alkanes) is 2. The lowest BCUT2D eigenvalue weighted by Gasteiger charge is -2.26. The SMILES string of the molecule is C=CC(=O)Oc1cccc(N(c2ccc(/C=C(\c3ccccc3)C(C)CCCCC)cc2)c2cccc(OC(=O)C=C)c2)c1. The van der Waals surface area contributed by atoms with Crippen molar-refractivity contribution in [2.24, 2.45) is 5.92 Å². The zero-order valence-corrected chi connectivity index (χ0v) is 25.4. The van der Waals surface area contributed by atoms with Crippen LogP contribution in [-0.2, 0) is 9.59 Å². The molecule has 0 aliphatic heterocycles. The molecule has 0 heterocycles. The molecular formula is C39H39NO4. The van der Waals surface area contributed by atoms with Crippen LogP contribution in [0.1, 0.15) is 50.7 Å². The molecular weight excluding hydrogens is 546 g/mol. The van der Waals surface area contributed by atoms with E-state index in [0.29, 0.717) is 17.4 Å². The molecule has 0 aliphatic rings. The van der Waals surface area contributed by atoms with Crippen molar-refractivity contribution < 1.29 is 19.1 Å². The van der Waals surface area contributed by atoms with Gasteiger partial charge in [-0.2, -0.15) is 0 Å². The van der Waals surface area contributed by atoms with Crippen LogP contribution in [-0.4, -0.2) is 11.9 Å². The van der Waals surface area contributed by atoms with E-state index < -0.39 is 11.9 Å². The first kappa shape index (κ1) is 31.8. The largest absolute Gasteiger partial charge is 0.423 e. The van der Waals surface area contributed by atoms with Crippen LogP contribution in [0.3, 0.4) is 0 Å². The number of nitrogens with zero attached hydrogens (tertiary/aromatic N) is 1. The molecule has 0 bridgehead atoms. The van der Waals surface area contributed by atoms with Crippen molar-refractivity contribution in [2.45, 2.75) is 39.5 Å². The van der Waals surface area contributed by atoms with E-state index in [4.69, 9.17) is 9.47 Å². The highest BCUT2D eigenvalue weighted by atomic mass is 16.5. The molecule has 5 nitrogen and oxygen atoms in total. The van der Waals surface area contributed by atoms with Gasteiger partial charge in [0.1, 0.15) is 11.5 Å². The van der Waals surface area contributed by atoms with Gasteiger partial charge in [0.15, 0.2) is 0 Å². The first-order valence-corrected chi connectivity index (χ1v) is 15.0. The zero-order chi connectivity index (χ0) is 31.3. The third-order valence-corrected chi connectivity index (χ3v) is 7.27. The Bertz CT molecular complexity index is 1540. The van der Waals surface area contributed by atoms with E-state index >= 15 is 0 Å². The van der Waals surface area contributed by atoms with Crippen LogP contribution in [0.4, 0.5) is 17.1 Å². The minimum Gasteiger partial charge on any atom is -0.423 e. The molecule has 4 aromatic rings. The average Bonchev–Trinajstić information content (AvgIpc) is 3.05. The Hall–Kier alpha value is -5.16. The highest BCUT2D eigenvalue weighted by molar-refractivity contribution is 5.86. The predicted octanol–water partition coefficient (Wildman–Crippen LogP) is 10.1. The fourth-order valence-electron chi connectivity index (χ4n) is 5.03. The minimum atomic E-state index is -0.540. The van der Waals surface area contributed by atoms with Crippen molar-refractivity contribution in [2.75, 3.05) is 4.90 Å². The number of carbonyl (C=O) groups is 2. The third kappa shape index (κ3) is 8.68. The van der Waals surface area contributed by atoms with Gasteiger partial charge in [0.25, 0.3) is 0 Å². The number of esters is 2. The molecule has 1 atom stereocenters. The maximum atomic E-state index is 11.9. The highest BCUT2D eigenvalue weighted by Gasteiger charge is 2.16. The molecule has 44 heavy (non-hydrogen) atoms. The van der Waals surface area contributed by atoms with E-state index in [1.54, 1.807) is 24.3 Å². The van der Waals surface area contributed by atoms with Gasteiger partial charge in [-0.25, -0.2) is 9.59 Å². The summed E-state index contributed by atoms with van der Waals surface area (Å²) < 4.78 is 10.8. The predicted molar refractivity (Wildman–Crippen MR) is 180 cm³/mol. The van der Waals surface area contributed by atoms with E-state index in [0.717, 1.165) is 41.2 Å². The van der Waals surface area contributed by atoms with Gasteiger partial charge in [-0.3, -0.25) is 0 Å². The fraction of sp³-hybridized carbons (Fsp3) is 0.179. The first-order valence-electron chi connectivity index (χ1n) is 15.0. The second kappa shape index (κ2) is 15.9. The number of ether oxygens (including phenoxy) is 2. The molecule has 0 saturated carbocycles. The topological polar surface area (TPSA) is 55.8 Å². The Balaban J connectivity index is 1.74. The molecule has 0 amide bonds. The van der Waals surface area contributed by atoms with E-state index in [1.807, 2.05) is 35.2 Å². The summed E-state index contributed by atoms with van der Waals surface area (Å²) in [5.41, 5.74) is 6.03. The van der Waals surface area contributed by atoms with Crippen LogP contribution in [0, 0.1) is 5.92 Å². The molecule has 0 aliphatic carbocycles. The zero-order valence-electron chi connectivity index (χ0n) is 25.4. The van der Waals surface area contributed by atoms with Gasteiger partial charge in [0.2, 0.25) is 0 Å². The van der Waals surface area contributed by atoms with E-state index in [1.165, 1.54) is 30.4 Å². The van der Waals surface area contributed by atoms with Gasteiger partial charge in [-0.15, -0.1) is 0 Å². The van der Waals surface area contributed by atoms with Gasteiger partial charge in [0.05, 0.1) is 0 Å². The lowest BCUT2D eigenvalue weighted by molar-refractivity contribution is -0.129. The number of carbonyl (C=O) groups excluding carboxylic acids is 2. The van der Waals surface area contributed by atoms with Crippen LogP contribution < -0.4 is 14.4 Å². The highest BCUT2D eigenvalue weighted by Crippen LogP contribution is 2.38. The molecule has 1 unspecified atom stereocenters. The first-order chi connectivity index (χ1) is 21.4. The molecule has 0 N–H and O–H groups in total. The maximum Gasteiger partial charge on any atom is 0.335 e. The molecule has 224 valence electrons. The molecule has 0 saturated heterocycles. The van der Waals surface area contributed by atoms with Gasteiger partial charge in [0, 0.05) is 41.3 Å². The summed E-state index contributed by atoms with van der Waals surface area (Å²) in [5, 5.41) is 0. The number of benzene rings is 4. The van der Waals surface area contributed by atoms with Crippen molar-refractivity contribution in [1.82, 2.24) is 0 Å². The molecule has 0 radical (unpaired) electrons. The molecule has 4 rings (SSSR count). The summed E-state index contributed by atoms with van der Waals surface area (Å²) in [7, 11) is 0. The van der Waals surface area contributed by atoms with Gasteiger partial charge in [-0.05, 0) is 65.4 Å². The Morgan fingerprint density at radius 2 is 1.30 bits per heavy atom. The quantitative estimate of drug-likeness (QED) is 0.0484. The summed E-state index contributed by atoms with van der Waals surface area (Å²) in [4.78, 5) is 25.8. The van der Waals surface area contributed by atoms with Crippen LogP contribution in [0.5, 0.6) is 11.5 Å². The van der Waals surface area contributed by atoms with E-state index in [-0.39, 0.29) is 0 Å². The summed E-state index contributed by atoms with van der Waals surface area (Å²) in [6.07, 6.45) is 9.32. The summed E-state index contributed by atoms with van der Waals surface area (Å²) in [6.45, 7) is 11.5. The number of hydrogen-bond donors (Lipinski definition) is 0. The Morgan fingerprint density at radius 3 is 1.82 bits per heavy atom. The van der Waals surface area contributed by atoms with E-state index in [9.17, 15) is 9.59 Å². The number of hydrogen-bond acceptors (Lipinski definition) is 5. The number of anilines is 3. The Morgan fingerprint density at radius 1 is 0.727 bits per heavy atom. The Labute approximate surface area is 260 Å². The van der Waals surface area contributed by atoms with Crippen molar-refractivity contribution >= 4 is 40.6 Å².